The number of rotatable bonds is 7. The number of nitrogens with zero attached hydrogens (tertiary/aromatic N) is 2. The summed E-state index contributed by atoms with van der Waals surface area (Å²) in [5.74, 6) is 0.827. The molecule has 4 N–H and O–H groups in total. The number of carbonyl (C=O) groups excluding carboxylic acids is 1. The van der Waals surface area contributed by atoms with E-state index in [4.69, 9.17) is 21.1 Å². The molecule has 4 unspecified atom stereocenters. The van der Waals surface area contributed by atoms with Crippen molar-refractivity contribution in [3.63, 3.8) is 0 Å². The van der Waals surface area contributed by atoms with E-state index in [0.717, 1.165) is 24.5 Å². The summed E-state index contributed by atoms with van der Waals surface area (Å²) in [5.41, 5.74) is 1.62. The Kier molecular flexibility index (Phi) is 8.12. The topological polar surface area (TPSA) is 107 Å². The van der Waals surface area contributed by atoms with Gasteiger partial charge in [0.15, 0.2) is 0 Å². The summed E-state index contributed by atoms with van der Waals surface area (Å²) in [6.07, 6.45) is -2.01. The number of hydrogen-bond donors (Lipinski definition) is 4. The van der Waals surface area contributed by atoms with E-state index in [1.165, 1.54) is 0 Å². The number of amides is 2. The summed E-state index contributed by atoms with van der Waals surface area (Å²) in [4.78, 5) is 16.8. The highest BCUT2D eigenvalue weighted by Gasteiger charge is 2.46. The number of benzene rings is 2. The molecule has 0 radical (unpaired) electrons. The van der Waals surface area contributed by atoms with Crippen LogP contribution in [0.15, 0.2) is 48.5 Å². The maximum absolute atomic E-state index is 12.4. The quantitative estimate of drug-likeness (QED) is 0.468. The summed E-state index contributed by atoms with van der Waals surface area (Å²) in [7, 11) is 1.66. The van der Waals surface area contributed by atoms with Crippen LogP contribution in [0.2, 0.25) is 5.02 Å². The van der Waals surface area contributed by atoms with Gasteiger partial charge >= 0.3 is 6.03 Å². The fraction of sp³-hybridized carbons (Fsp3) is 0.458. The van der Waals surface area contributed by atoms with Gasteiger partial charge in [-0.05, 0) is 30.3 Å². The second-order valence-electron chi connectivity index (χ2n) is 8.42. The van der Waals surface area contributed by atoms with Gasteiger partial charge in [-0.1, -0.05) is 29.8 Å². The summed E-state index contributed by atoms with van der Waals surface area (Å²) >= 11 is 5.97. The van der Waals surface area contributed by atoms with Gasteiger partial charge in [0.05, 0.1) is 31.5 Å². The highest BCUT2D eigenvalue weighted by molar-refractivity contribution is 6.30. The molecule has 34 heavy (non-hydrogen) atoms. The molecule has 4 atom stereocenters. The maximum atomic E-state index is 12.4. The number of urea groups is 1. The van der Waals surface area contributed by atoms with Crippen LogP contribution in [-0.4, -0.2) is 91.9 Å². The molecule has 2 aromatic carbocycles. The number of methoxy groups -OCH3 is 1. The molecule has 2 aliphatic heterocycles. The molecule has 2 aromatic rings. The molecular formula is C24H31ClN4O5. The standard InChI is InChI=1S/C24H31ClN4O5/c1-33-19-8-3-2-7-18(19)28-9-11-29(12-10-28)22-20(34-21(15-30)23(22)31)14-26-24(32)27-17-6-4-5-16(25)13-17/h2-8,13,20-23,30-31H,9-12,14-15H2,1H3,(H2,26,27,32). The highest BCUT2D eigenvalue weighted by Crippen LogP contribution is 2.31. The number of hydrogen-bond acceptors (Lipinski definition) is 7. The van der Waals surface area contributed by atoms with Gasteiger partial charge in [0.25, 0.3) is 0 Å². The average molecular weight is 491 g/mol. The smallest absolute Gasteiger partial charge is 0.319 e. The fourth-order valence-electron chi connectivity index (χ4n) is 4.68. The van der Waals surface area contributed by atoms with Crippen molar-refractivity contribution in [3.05, 3.63) is 53.6 Å². The van der Waals surface area contributed by atoms with E-state index in [1.54, 1.807) is 31.4 Å². The zero-order chi connectivity index (χ0) is 24.1. The summed E-state index contributed by atoms with van der Waals surface area (Å²) in [5, 5.41) is 26.6. The van der Waals surface area contributed by atoms with Crippen LogP contribution >= 0.6 is 11.6 Å². The summed E-state index contributed by atoms with van der Waals surface area (Å²) in [6, 6.07) is 14.0. The van der Waals surface area contributed by atoms with Gasteiger partial charge in [0, 0.05) is 43.4 Å². The molecule has 2 heterocycles. The van der Waals surface area contributed by atoms with Crippen LogP contribution in [0.4, 0.5) is 16.2 Å². The molecule has 0 saturated carbocycles. The van der Waals surface area contributed by atoms with Gasteiger partial charge in [-0.25, -0.2) is 4.79 Å². The van der Waals surface area contributed by atoms with E-state index in [1.807, 2.05) is 24.3 Å². The summed E-state index contributed by atoms with van der Waals surface area (Å²) in [6.45, 7) is 2.81. The van der Waals surface area contributed by atoms with Gasteiger partial charge in [-0.2, -0.15) is 0 Å². The monoisotopic (exact) mass is 490 g/mol. The normalized spacial score (nSPS) is 25.2. The zero-order valence-corrected chi connectivity index (χ0v) is 19.8. The van der Waals surface area contributed by atoms with Crippen molar-refractivity contribution in [3.8, 4) is 5.75 Å². The first kappa shape index (κ1) is 24.6. The molecule has 0 aliphatic carbocycles. The third-order valence-electron chi connectivity index (χ3n) is 6.35. The SMILES string of the molecule is COc1ccccc1N1CCN(C2C(CNC(=O)Nc3cccc(Cl)c3)OC(CO)C2O)CC1. The zero-order valence-electron chi connectivity index (χ0n) is 19.1. The lowest BCUT2D eigenvalue weighted by Gasteiger charge is -2.41. The number of piperazine rings is 1. The Bertz CT molecular complexity index is 972. The van der Waals surface area contributed by atoms with E-state index in [2.05, 4.69) is 20.4 Å². The first-order valence-corrected chi connectivity index (χ1v) is 11.7. The Labute approximate surface area is 204 Å². The van der Waals surface area contributed by atoms with Crippen molar-refractivity contribution in [1.82, 2.24) is 10.2 Å². The number of aliphatic hydroxyl groups is 2. The van der Waals surface area contributed by atoms with Gasteiger partial charge in [0.1, 0.15) is 18.0 Å². The van der Waals surface area contributed by atoms with Gasteiger partial charge in [0.2, 0.25) is 0 Å². The van der Waals surface area contributed by atoms with Crippen LogP contribution in [0.25, 0.3) is 0 Å². The molecule has 0 spiro atoms. The molecule has 184 valence electrons. The first-order valence-electron chi connectivity index (χ1n) is 11.4. The van der Waals surface area contributed by atoms with Crippen molar-refractivity contribution in [1.29, 1.82) is 0 Å². The molecule has 10 heteroatoms. The number of halogens is 1. The van der Waals surface area contributed by atoms with Crippen LogP contribution < -0.4 is 20.3 Å². The highest BCUT2D eigenvalue weighted by atomic mass is 35.5. The number of carbonyl (C=O) groups is 1. The largest absolute Gasteiger partial charge is 0.495 e. The van der Waals surface area contributed by atoms with E-state index >= 15 is 0 Å². The Morgan fingerprint density at radius 1 is 1.15 bits per heavy atom. The van der Waals surface area contributed by atoms with Crippen molar-refractivity contribution >= 4 is 29.0 Å². The average Bonchev–Trinajstić information content (AvgIpc) is 3.18. The lowest BCUT2D eigenvalue weighted by atomic mass is 10.0. The molecule has 0 aromatic heterocycles. The Hall–Kier alpha value is -2.56. The van der Waals surface area contributed by atoms with Crippen LogP contribution in [0.5, 0.6) is 5.75 Å². The number of ether oxygens (including phenoxy) is 2. The second kappa shape index (κ2) is 11.2. The summed E-state index contributed by atoms with van der Waals surface area (Å²) < 4.78 is 11.4. The number of nitrogens with one attached hydrogen (secondary N) is 2. The number of anilines is 2. The van der Waals surface area contributed by atoms with Crippen molar-refractivity contribution in [2.24, 2.45) is 0 Å². The van der Waals surface area contributed by atoms with Crippen molar-refractivity contribution in [2.45, 2.75) is 24.4 Å². The Morgan fingerprint density at radius 3 is 2.62 bits per heavy atom. The molecule has 4 rings (SSSR count). The first-order chi connectivity index (χ1) is 16.5. The van der Waals surface area contributed by atoms with Crippen LogP contribution in [0.1, 0.15) is 0 Å². The lowest BCUT2D eigenvalue weighted by Crippen LogP contribution is -2.57. The van der Waals surface area contributed by atoms with Gasteiger partial charge in [-0.15, -0.1) is 0 Å². The second-order valence-corrected chi connectivity index (χ2v) is 8.85. The maximum Gasteiger partial charge on any atom is 0.319 e. The number of aliphatic hydroxyl groups excluding tert-OH is 2. The molecule has 2 aliphatic rings. The Balaban J connectivity index is 1.37. The van der Waals surface area contributed by atoms with Gasteiger partial charge < -0.3 is 35.2 Å². The van der Waals surface area contributed by atoms with E-state index < -0.39 is 24.3 Å². The Morgan fingerprint density at radius 2 is 1.91 bits per heavy atom. The molecular weight excluding hydrogens is 460 g/mol. The van der Waals surface area contributed by atoms with Crippen LogP contribution in [0, 0.1) is 0 Å². The molecule has 2 saturated heterocycles. The van der Waals surface area contributed by atoms with E-state index in [0.29, 0.717) is 23.8 Å². The predicted octanol–water partition coefficient (Wildman–Crippen LogP) is 1.78. The molecule has 2 fully saturated rings. The van der Waals surface area contributed by atoms with Crippen molar-refractivity contribution < 1.29 is 24.5 Å². The molecule has 9 nitrogen and oxygen atoms in total. The third kappa shape index (κ3) is 5.56. The minimum Gasteiger partial charge on any atom is -0.495 e. The van der Waals surface area contributed by atoms with E-state index in [9.17, 15) is 15.0 Å². The van der Waals surface area contributed by atoms with Crippen LogP contribution in [0.3, 0.4) is 0 Å². The minimum absolute atomic E-state index is 0.192. The van der Waals surface area contributed by atoms with Crippen molar-refractivity contribution in [2.75, 3.05) is 56.7 Å². The number of para-hydroxylation sites is 2. The predicted molar refractivity (Wildman–Crippen MR) is 131 cm³/mol. The molecule has 0 bridgehead atoms. The minimum atomic E-state index is -0.856. The third-order valence-corrected chi connectivity index (χ3v) is 6.58. The van der Waals surface area contributed by atoms with Crippen LogP contribution in [-0.2, 0) is 4.74 Å². The molecule has 2 amide bonds. The lowest BCUT2D eigenvalue weighted by molar-refractivity contribution is -0.0205. The van der Waals surface area contributed by atoms with Gasteiger partial charge in [-0.3, -0.25) is 4.90 Å². The fourth-order valence-corrected chi connectivity index (χ4v) is 4.87. The van der Waals surface area contributed by atoms with E-state index in [-0.39, 0.29) is 19.2 Å².